The molecule has 2 atom stereocenters. The number of hydrogen-bond donors (Lipinski definition) is 1. The van der Waals surface area contributed by atoms with Gasteiger partial charge in [-0.2, -0.15) is 0 Å². The van der Waals surface area contributed by atoms with E-state index in [0.29, 0.717) is 12.1 Å². The number of aromatic nitrogens is 1. The SMILES string of the molecule is Cc1cccc(CN(C)C2CCCCC2N)n1. The van der Waals surface area contributed by atoms with E-state index in [0.717, 1.165) is 24.4 Å². The molecule has 3 heteroatoms. The van der Waals surface area contributed by atoms with Gasteiger partial charge in [0.25, 0.3) is 0 Å². The fourth-order valence-electron chi connectivity index (χ4n) is 2.75. The Morgan fingerprint density at radius 3 is 2.82 bits per heavy atom. The van der Waals surface area contributed by atoms with Gasteiger partial charge in [-0.05, 0) is 38.9 Å². The fourth-order valence-corrected chi connectivity index (χ4v) is 2.75. The summed E-state index contributed by atoms with van der Waals surface area (Å²) in [5.41, 5.74) is 8.43. The zero-order valence-corrected chi connectivity index (χ0v) is 10.9. The van der Waals surface area contributed by atoms with Crippen LogP contribution in [0.3, 0.4) is 0 Å². The lowest BCUT2D eigenvalue weighted by Gasteiger charge is -2.35. The molecule has 1 aromatic rings. The van der Waals surface area contributed by atoms with Crippen LogP contribution in [0.4, 0.5) is 0 Å². The van der Waals surface area contributed by atoms with Gasteiger partial charge < -0.3 is 5.73 Å². The van der Waals surface area contributed by atoms with Crippen molar-refractivity contribution < 1.29 is 0 Å². The van der Waals surface area contributed by atoms with Gasteiger partial charge in [0, 0.05) is 24.3 Å². The normalized spacial score (nSPS) is 25.2. The molecule has 1 heterocycles. The summed E-state index contributed by atoms with van der Waals surface area (Å²) in [6, 6.07) is 7.06. The molecule has 3 nitrogen and oxygen atoms in total. The van der Waals surface area contributed by atoms with E-state index in [2.05, 4.69) is 29.1 Å². The number of likely N-dealkylation sites (N-methyl/N-ethyl adjacent to an activating group) is 1. The zero-order chi connectivity index (χ0) is 12.3. The van der Waals surface area contributed by atoms with Crippen LogP contribution in [0.1, 0.15) is 37.1 Å². The van der Waals surface area contributed by atoms with Gasteiger partial charge in [-0.3, -0.25) is 9.88 Å². The van der Waals surface area contributed by atoms with Crippen molar-refractivity contribution in [1.29, 1.82) is 0 Å². The van der Waals surface area contributed by atoms with Crippen LogP contribution >= 0.6 is 0 Å². The summed E-state index contributed by atoms with van der Waals surface area (Å²) in [7, 11) is 2.17. The molecular weight excluding hydrogens is 210 g/mol. The lowest BCUT2D eigenvalue weighted by atomic mass is 9.90. The Morgan fingerprint density at radius 1 is 1.35 bits per heavy atom. The Hall–Kier alpha value is -0.930. The second-order valence-corrected chi connectivity index (χ2v) is 5.20. The van der Waals surface area contributed by atoms with E-state index >= 15 is 0 Å². The number of nitrogens with zero attached hydrogens (tertiary/aromatic N) is 2. The topological polar surface area (TPSA) is 42.1 Å². The third-order valence-corrected chi connectivity index (χ3v) is 3.71. The van der Waals surface area contributed by atoms with Crippen LogP contribution < -0.4 is 5.73 Å². The van der Waals surface area contributed by atoms with Crippen molar-refractivity contribution in [3.63, 3.8) is 0 Å². The summed E-state index contributed by atoms with van der Waals surface area (Å²) in [4.78, 5) is 6.92. The summed E-state index contributed by atoms with van der Waals surface area (Å²) in [6.45, 7) is 2.94. The highest BCUT2D eigenvalue weighted by Gasteiger charge is 2.25. The first-order valence-electron chi connectivity index (χ1n) is 6.55. The van der Waals surface area contributed by atoms with Crippen molar-refractivity contribution in [2.24, 2.45) is 5.73 Å². The van der Waals surface area contributed by atoms with E-state index in [9.17, 15) is 0 Å². The van der Waals surface area contributed by atoms with Crippen molar-refractivity contribution in [3.8, 4) is 0 Å². The minimum Gasteiger partial charge on any atom is -0.326 e. The van der Waals surface area contributed by atoms with Gasteiger partial charge in [-0.25, -0.2) is 0 Å². The monoisotopic (exact) mass is 233 g/mol. The minimum absolute atomic E-state index is 0.332. The van der Waals surface area contributed by atoms with Crippen molar-refractivity contribution >= 4 is 0 Å². The largest absolute Gasteiger partial charge is 0.326 e. The van der Waals surface area contributed by atoms with E-state index < -0.39 is 0 Å². The fraction of sp³-hybridized carbons (Fsp3) is 0.643. The van der Waals surface area contributed by atoms with Gasteiger partial charge in [0.05, 0.1) is 5.69 Å². The smallest absolute Gasteiger partial charge is 0.0547 e. The van der Waals surface area contributed by atoms with Crippen LogP contribution in [-0.4, -0.2) is 29.0 Å². The average molecular weight is 233 g/mol. The lowest BCUT2D eigenvalue weighted by Crippen LogP contribution is -2.47. The van der Waals surface area contributed by atoms with Crippen LogP contribution in [0.2, 0.25) is 0 Å². The summed E-state index contributed by atoms with van der Waals surface area (Å²) in [5, 5.41) is 0. The number of rotatable bonds is 3. The van der Waals surface area contributed by atoms with Gasteiger partial charge in [0.1, 0.15) is 0 Å². The maximum absolute atomic E-state index is 6.20. The molecule has 0 spiro atoms. The molecule has 0 amide bonds. The van der Waals surface area contributed by atoms with E-state index in [1.54, 1.807) is 0 Å². The molecule has 1 fully saturated rings. The molecule has 94 valence electrons. The number of pyridine rings is 1. The van der Waals surface area contributed by atoms with Crippen LogP contribution in [0, 0.1) is 6.92 Å². The molecular formula is C14H23N3. The molecule has 0 aliphatic heterocycles. The van der Waals surface area contributed by atoms with Gasteiger partial charge >= 0.3 is 0 Å². The highest BCUT2D eigenvalue weighted by molar-refractivity contribution is 5.10. The van der Waals surface area contributed by atoms with Crippen molar-refractivity contribution in [2.75, 3.05) is 7.05 Å². The van der Waals surface area contributed by atoms with Gasteiger partial charge in [-0.15, -0.1) is 0 Å². The Kier molecular flexibility index (Phi) is 4.13. The van der Waals surface area contributed by atoms with Crippen molar-refractivity contribution in [3.05, 3.63) is 29.6 Å². The van der Waals surface area contributed by atoms with Crippen LogP contribution in [0.5, 0.6) is 0 Å². The Labute approximate surface area is 104 Å². The maximum atomic E-state index is 6.20. The third-order valence-electron chi connectivity index (χ3n) is 3.71. The average Bonchev–Trinajstić information content (AvgIpc) is 2.29. The highest BCUT2D eigenvalue weighted by atomic mass is 15.2. The quantitative estimate of drug-likeness (QED) is 0.869. The number of nitrogens with two attached hydrogens (primary N) is 1. The summed E-state index contributed by atoms with van der Waals surface area (Å²) >= 11 is 0. The van der Waals surface area contributed by atoms with Crippen LogP contribution in [0.25, 0.3) is 0 Å². The third kappa shape index (κ3) is 3.27. The first-order chi connectivity index (χ1) is 8.16. The zero-order valence-electron chi connectivity index (χ0n) is 10.9. The molecule has 1 aliphatic rings. The lowest BCUT2D eigenvalue weighted by molar-refractivity contribution is 0.160. The van der Waals surface area contributed by atoms with Crippen LogP contribution in [0.15, 0.2) is 18.2 Å². The molecule has 0 bridgehead atoms. The van der Waals surface area contributed by atoms with Crippen molar-refractivity contribution in [1.82, 2.24) is 9.88 Å². The van der Waals surface area contributed by atoms with E-state index in [4.69, 9.17) is 5.73 Å². The van der Waals surface area contributed by atoms with Crippen molar-refractivity contribution in [2.45, 2.75) is 51.2 Å². The summed E-state index contributed by atoms with van der Waals surface area (Å²) in [5.74, 6) is 0. The standard InChI is InChI=1S/C14H23N3/c1-11-6-5-7-12(16-11)10-17(2)14-9-4-3-8-13(14)15/h5-7,13-14H,3-4,8-10,15H2,1-2H3. The molecule has 1 aromatic heterocycles. The molecule has 1 saturated carbocycles. The maximum Gasteiger partial charge on any atom is 0.0547 e. The predicted octanol–water partition coefficient (Wildman–Crippen LogP) is 2.09. The molecule has 1 aliphatic carbocycles. The van der Waals surface area contributed by atoms with Gasteiger partial charge in [0.15, 0.2) is 0 Å². The Morgan fingerprint density at radius 2 is 2.12 bits per heavy atom. The van der Waals surface area contributed by atoms with Gasteiger partial charge in [-0.1, -0.05) is 18.9 Å². The first kappa shape index (κ1) is 12.5. The molecule has 2 rings (SSSR count). The van der Waals surface area contributed by atoms with E-state index in [1.165, 1.54) is 19.3 Å². The number of aryl methyl sites for hydroxylation is 1. The second kappa shape index (κ2) is 5.61. The van der Waals surface area contributed by atoms with Gasteiger partial charge in [0.2, 0.25) is 0 Å². The number of hydrogen-bond acceptors (Lipinski definition) is 3. The predicted molar refractivity (Wildman–Crippen MR) is 70.7 cm³/mol. The molecule has 2 unspecified atom stereocenters. The second-order valence-electron chi connectivity index (χ2n) is 5.20. The Bertz CT molecular complexity index is 364. The highest BCUT2D eigenvalue weighted by Crippen LogP contribution is 2.22. The molecule has 0 radical (unpaired) electrons. The summed E-state index contributed by atoms with van der Waals surface area (Å²) in [6.07, 6.45) is 4.98. The molecule has 17 heavy (non-hydrogen) atoms. The molecule has 2 N–H and O–H groups in total. The molecule has 0 aromatic carbocycles. The molecule has 0 saturated heterocycles. The van der Waals surface area contributed by atoms with E-state index in [-0.39, 0.29) is 0 Å². The van der Waals surface area contributed by atoms with Crippen LogP contribution in [-0.2, 0) is 6.54 Å². The van der Waals surface area contributed by atoms with E-state index in [1.807, 2.05) is 13.0 Å². The minimum atomic E-state index is 0.332. The first-order valence-corrected chi connectivity index (χ1v) is 6.55. The Balaban J connectivity index is 1.98. The summed E-state index contributed by atoms with van der Waals surface area (Å²) < 4.78 is 0.